The summed E-state index contributed by atoms with van der Waals surface area (Å²) < 4.78 is 27.2. The van der Waals surface area contributed by atoms with Gasteiger partial charge < -0.3 is 28.8 Å². The second kappa shape index (κ2) is 7.85. The van der Waals surface area contributed by atoms with Crippen LogP contribution < -0.4 is 0 Å². The van der Waals surface area contributed by atoms with E-state index in [9.17, 15) is 19.5 Å². The van der Waals surface area contributed by atoms with Gasteiger partial charge in [-0.2, -0.15) is 0 Å². The first-order valence-corrected chi connectivity index (χ1v) is 9.53. The molecule has 0 bridgehead atoms. The smallest absolute Gasteiger partial charge is 0.346 e. The van der Waals surface area contributed by atoms with Gasteiger partial charge in [0.2, 0.25) is 17.3 Å². The summed E-state index contributed by atoms with van der Waals surface area (Å²) in [5.74, 6) is -4.82. The first-order valence-electron chi connectivity index (χ1n) is 9.53. The van der Waals surface area contributed by atoms with Crippen molar-refractivity contribution in [3.05, 3.63) is 0 Å². The number of hydrogen-bond donors (Lipinski definition) is 1. The zero-order valence-corrected chi connectivity index (χ0v) is 19.0. The van der Waals surface area contributed by atoms with Crippen molar-refractivity contribution in [2.45, 2.75) is 104 Å². The molecule has 1 N–H and O–H groups in total. The largest absolute Gasteiger partial charge is 0.464 e. The summed E-state index contributed by atoms with van der Waals surface area (Å²) in [5, 5.41) is 11.2. The Hall–Kier alpha value is -1.71. The summed E-state index contributed by atoms with van der Waals surface area (Å²) in [4.78, 5) is 38.9. The summed E-state index contributed by atoms with van der Waals surface area (Å²) in [6, 6.07) is 0. The predicted octanol–water partition coefficient (Wildman–Crippen LogP) is 1.87. The lowest BCUT2D eigenvalue weighted by atomic mass is 9.79. The highest BCUT2D eigenvalue weighted by atomic mass is 16.8. The molecule has 9 heteroatoms. The molecule has 0 aliphatic carbocycles. The van der Waals surface area contributed by atoms with Crippen molar-refractivity contribution in [2.75, 3.05) is 6.61 Å². The molecular formula is C20H34O9. The number of rotatable bonds is 5. The summed E-state index contributed by atoms with van der Waals surface area (Å²) in [6.07, 6.45) is -1.79. The number of aliphatic hydroxyl groups is 1. The fourth-order valence-electron chi connectivity index (χ4n) is 2.88. The molecule has 0 radical (unpaired) electrons. The zero-order valence-electron chi connectivity index (χ0n) is 19.0. The van der Waals surface area contributed by atoms with Crippen molar-refractivity contribution >= 4 is 17.9 Å². The van der Waals surface area contributed by atoms with Crippen LogP contribution in [0.1, 0.15) is 69.2 Å². The highest BCUT2D eigenvalue weighted by Crippen LogP contribution is 2.46. The Morgan fingerprint density at radius 3 is 1.86 bits per heavy atom. The van der Waals surface area contributed by atoms with E-state index in [0.717, 1.165) is 6.92 Å². The molecule has 3 atom stereocenters. The molecule has 0 aromatic carbocycles. The molecule has 1 aliphatic rings. The Balaban J connectivity index is 3.67. The Morgan fingerprint density at radius 2 is 1.45 bits per heavy atom. The standard InChI is InChI=1S/C20H34O9/c1-11-25-14(22)19(10,24)20(15(23)28-17(5,6)7)12(26-18(8,9)29-20)13(21)27-16(2,3)4/h12,24H,11H2,1-10H3/t12-,19+,20+/m1/s1. The molecule has 1 heterocycles. The third-order valence-corrected chi connectivity index (χ3v) is 3.90. The van der Waals surface area contributed by atoms with Crippen LogP contribution in [0.2, 0.25) is 0 Å². The SMILES string of the molecule is CCOC(=O)[C@](C)(O)[C@]1(C(=O)OC(C)(C)C)OC(C)(C)O[C@@H]1C(=O)OC(C)(C)C. The second-order valence-corrected chi connectivity index (χ2v) is 9.56. The van der Waals surface area contributed by atoms with E-state index in [1.54, 1.807) is 41.5 Å². The topological polar surface area (TPSA) is 118 Å². The van der Waals surface area contributed by atoms with Crippen LogP contribution in [0.5, 0.6) is 0 Å². The lowest BCUT2D eigenvalue weighted by molar-refractivity contribution is -0.238. The molecule has 9 nitrogen and oxygen atoms in total. The van der Waals surface area contributed by atoms with Gasteiger partial charge in [0.25, 0.3) is 0 Å². The molecule has 168 valence electrons. The molecule has 0 aromatic rings. The molecule has 1 fully saturated rings. The molecule has 0 aromatic heterocycles. The second-order valence-electron chi connectivity index (χ2n) is 9.56. The molecule has 1 aliphatic heterocycles. The average Bonchev–Trinajstić information content (AvgIpc) is 2.77. The van der Waals surface area contributed by atoms with Crippen LogP contribution in [0, 0.1) is 0 Å². The molecule has 1 saturated heterocycles. The van der Waals surface area contributed by atoms with Gasteiger partial charge in [-0.05, 0) is 69.2 Å². The minimum atomic E-state index is -2.62. The van der Waals surface area contributed by atoms with Crippen LogP contribution in [0.3, 0.4) is 0 Å². The molecule has 0 spiro atoms. The van der Waals surface area contributed by atoms with E-state index in [4.69, 9.17) is 23.7 Å². The third kappa shape index (κ3) is 5.46. The predicted molar refractivity (Wildman–Crippen MR) is 102 cm³/mol. The number of hydrogen-bond acceptors (Lipinski definition) is 9. The number of carbonyl (C=O) groups is 3. The van der Waals surface area contributed by atoms with E-state index in [-0.39, 0.29) is 6.61 Å². The van der Waals surface area contributed by atoms with Crippen LogP contribution in [0.15, 0.2) is 0 Å². The average molecular weight is 418 g/mol. The normalized spacial score (nSPS) is 26.4. The van der Waals surface area contributed by atoms with Crippen molar-refractivity contribution in [2.24, 2.45) is 0 Å². The zero-order chi connectivity index (χ0) is 23.1. The molecule has 0 amide bonds. The van der Waals surface area contributed by atoms with Gasteiger partial charge in [0.1, 0.15) is 11.2 Å². The fourth-order valence-corrected chi connectivity index (χ4v) is 2.88. The van der Waals surface area contributed by atoms with E-state index < -0.39 is 52.2 Å². The lowest BCUT2D eigenvalue weighted by Crippen LogP contribution is -2.70. The summed E-state index contributed by atoms with van der Waals surface area (Å²) in [6.45, 7) is 15.1. The van der Waals surface area contributed by atoms with E-state index in [1.165, 1.54) is 20.8 Å². The maximum atomic E-state index is 13.3. The molecule has 1 rings (SSSR count). The van der Waals surface area contributed by atoms with Crippen LogP contribution in [-0.2, 0) is 38.1 Å². The fraction of sp³-hybridized carbons (Fsp3) is 0.850. The van der Waals surface area contributed by atoms with Crippen molar-refractivity contribution in [3.63, 3.8) is 0 Å². The monoisotopic (exact) mass is 418 g/mol. The minimum absolute atomic E-state index is 0.0687. The highest BCUT2D eigenvalue weighted by Gasteiger charge is 2.74. The first-order chi connectivity index (χ1) is 12.8. The Bertz CT molecular complexity index is 652. The summed E-state index contributed by atoms with van der Waals surface area (Å²) in [7, 11) is 0. The maximum absolute atomic E-state index is 13.3. The quantitative estimate of drug-likeness (QED) is 0.527. The van der Waals surface area contributed by atoms with E-state index >= 15 is 0 Å². The van der Waals surface area contributed by atoms with Crippen molar-refractivity contribution in [1.82, 2.24) is 0 Å². The van der Waals surface area contributed by atoms with Gasteiger partial charge in [-0.15, -0.1) is 0 Å². The maximum Gasteiger partial charge on any atom is 0.346 e. The Kier molecular flexibility index (Phi) is 6.85. The number of carbonyl (C=O) groups excluding carboxylic acids is 3. The van der Waals surface area contributed by atoms with Gasteiger partial charge in [0, 0.05) is 0 Å². The Morgan fingerprint density at radius 1 is 0.966 bits per heavy atom. The van der Waals surface area contributed by atoms with Gasteiger partial charge in [0.15, 0.2) is 5.79 Å². The molecular weight excluding hydrogens is 384 g/mol. The number of ether oxygens (including phenoxy) is 5. The Labute approximate surface area is 172 Å². The van der Waals surface area contributed by atoms with E-state index in [0.29, 0.717) is 0 Å². The highest BCUT2D eigenvalue weighted by molar-refractivity contribution is 5.98. The lowest BCUT2D eigenvalue weighted by Gasteiger charge is -2.41. The van der Waals surface area contributed by atoms with Crippen molar-refractivity contribution in [3.8, 4) is 0 Å². The molecule has 29 heavy (non-hydrogen) atoms. The van der Waals surface area contributed by atoms with Crippen LogP contribution >= 0.6 is 0 Å². The first kappa shape index (κ1) is 25.3. The van der Waals surface area contributed by atoms with Gasteiger partial charge >= 0.3 is 17.9 Å². The van der Waals surface area contributed by atoms with Crippen LogP contribution in [0.25, 0.3) is 0 Å². The van der Waals surface area contributed by atoms with Gasteiger partial charge in [-0.1, -0.05) is 0 Å². The number of esters is 3. The van der Waals surface area contributed by atoms with Crippen LogP contribution in [-0.4, -0.2) is 63.9 Å². The van der Waals surface area contributed by atoms with Crippen LogP contribution in [0.4, 0.5) is 0 Å². The summed E-state index contributed by atoms with van der Waals surface area (Å²) in [5.41, 5.74) is -7.12. The molecule has 0 unspecified atom stereocenters. The summed E-state index contributed by atoms with van der Waals surface area (Å²) >= 11 is 0. The van der Waals surface area contributed by atoms with Crippen molar-refractivity contribution in [1.29, 1.82) is 0 Å². The van der Waals surface area contributed by atoms with Gasteiger partial charge in [-0.3, -0.25) is 0 Å². The molecule has 0 saturated carbocycles. The van der Waals surface area contributed by atoms with E-state index in [1.807, 2.05) is 0 Å². The third-order valence-electron chi connectivity index (χ3n) is 3.90. The van der Waals surface area contributed by atoms with Gasteiger partial charge in [-0.25, -0.2) is 14.4 Å². The van der Waals surface area contributed by atoms with Gasteiger partial charge in [0.05, 0.1) is 6.61 Å². The minimum Gasteiger partial charge on any atom is -0.464 e. The van der Waals surface area contributed by atoms with Crippen molar-refractivity contribution < 1.29 is 43.2 Å². The van der Waals surface area contributed by atoms with E-state index in [2.05, 4.69) is 0 Å².